The number of hydrogen-bond donors (Lipinski definition) is 2. The van der Waals surface area contributed by atoms with Gasteiger partial charge in [0, 0.05) is 77.7 Å². The van der Waals surface area contributed by atoms with Crippen LogP contribution in [0.1, 0.15) is 121 Å². The summed E-state index contributed by atoms with van der Waals surface area (Å²) in [5, 5.41) is 23.6. The summed E-state index contributed by atoms with van der Waals surface area (Å²) >= 11 is 0. The first-order valence-electron chi connectivity index (χ1n) is 27.3. The summed E-state index contributed by atoms with van der Waals surface area (Å²) < 4.78 is 41.6. The fraction of sp³-hybridized carbons (Fsp3) is 0.746. The van der Waals surface area contributed by atoms with Crippen molar-refractivity contribution >= 4 is 30.3 Å². The van der Waals surface area contributed by atoms with Crippen molar-refractivity contribution in [3.8, 4) is 0 Å². The van der Waals surface area contributed by atoms with Crippen LogP contribution in [0.4, 0.5) is 0 Å². The fourth-order valence-electron chi connectivity index (χ4n) is 9.44. The Morgan fingerprint density at radius 1 is 0.868 bits per heavy atom. The van der Waals surface area contributed by atoms with Crippen LogP contribution in [-0.4, -0.2) is 179 Å². The number of cyclic esters (lactones) is 1. The van der Waals surface area contributed by atoms with Crippen LogP contribution < -0.4 is 0 Å². The van der Waals surface area contributed by atoms with E-state index in [4.69, 9.17) is 33.2 Å². The van der Waals surface area contributed by atoms with E-state index >= 15 is 0 Å². The lowest BCUT2D eigenvalue weighted by atomic mass is 9.82. The van der Waals surface area contributed by atoms with E-state index in [1.165, 1.54) is 25.0 Å². The smallest absolute Gasteiger partial charge is 0.331 e. The molecule has 1 amide bonds. The molecule has 0 aromatic rings. The largest absolute Gasteiger partial charge is 0.462 e. The summed E-state index contributed by atoms with van der Waals surface area (Å²) in [6.45, 7) is 18.8. The lowest BCUT2D eigenvalue weighted by molar-refractivity contribution is -0.166. The van der Waals surface area contributed by atoms with Crippen molar-refractivity contribution in [1.82, 2.24) is 14.7 Å². The number of allylic oxidation sites excluding steroid dienone is 3. The zero-order valence-electron chi connectivity index (χ0n) is 49.6. The number of esters is 4. The number of likely N-dealkylation sites (N-methyl/N-ethyl adjacent to an activating group) is 2. The number of carbonyl (C=O) groups is 5. The molecule has 1 rings (SSSR count). The monoisotopic (exact) mass is 1080 g/mol. The van der Waals surface area contributed by atoms with Gasteiger partial charge >= 0.3 is 23.9 Å². The summed E-state index contributed by atoms with van der Waals surface area (Å²) in [5.74, 6) is -4.14. The molecule has 17 nitrogen and oxygen atoms in total. The molecule has 0 bridgehead atoms. The molecule has 0 aromatic carbocycles. The predicted octanol–water partition coefficient (Wildman–Crippen LogP) is 7.74. The fourth-order valence-corrected chi connectivity index (χ4v) is 9.44. The van der Waals surface area contributed by atoms with Crippen LogP contribution in [-0.2, 0) is 57.1 Å². The second-order valence-corrected chi connectivity index (χ2v) is 21.9. The van der Waals surface area contributed by atoms with E-state index in [0.29, 0.717) is 38.5 Å². The third kappa shape index (κ3) is 25.1. The Bertz CT molecular complexity index is 1870. The van der Waals surface area contributed by atoms with E-state index in [0.717, 1.165) is 12.0 Å². The molecule has 17 atom stereocenters. The maximum absolute atomic E-state index is 13.6. The SMILES string of the molecule is COC[C@@H](C(=O)O[C@H]1[C@@H](C)[C@H](O)C/C=C\C=C/C(=O)O[C@H]([C@@H](C)[C@@H](O)[C@@H](C)CC[C@@H](OC(=O)[C@H](C)N(C)C)[C@H](C)[C@H](OC(C)=O)[C@H](C)/C=C/N(C)C=O)C/C=C\[C@H](OC)C[C@H](C)C/C=C(/C)[C@@H](OC)CC[C@H]1C)N(C)C. The van der Waals surface area contributed by atoms with Gasteiger partial charge in [-0.2, -0.15) is 0 Å². The van der Waals surface area contributed by atoms with Gasteiger partial charge in [0.15, 0.2) is 0 Å². The van der Waals surface area contributed by atoms with Crippen molar-refractivity contribution in [1.29, 1.82) is 0 Å². The average molecular weight is 1080 g/mol. The topological polar surface area (TPSA) is 200 Å². The molecular weight excluding hydrogens is 975 g/mol. The number of ether oxygens (including phenoxy) is 7. The second kappa shape index (κ2) is 36.8. The Hall–Kier alpha value is -4.23. The summed E-state index contributed by atoms with van der Waals surface area (Å²) in [4.78, 5) is 69.2. The summed E-state index contributed by atoms with van der Waals surface area (Å²) in [6.07, 6.45) is 15.4. The van der Waals surface area contributed by atoms with Gasteiger partial charge in [-0.25, -0.2) is 4.79 Å². The van der Waals surface area contributed by atoms with Crippen molar-refractivity contribution in [3.63, 3.8) is 0 Å². The normalized spacial score (nSPS) is 28.6. The number of amides is 1. The van der Waals surface area contributed by atoms with Crippen molar-refractivity contribution in [2.24, 2.45) is 41.4 Å². The molecule has 0 spiro atoms. The molecule has 0 aliphatic carbocycles. The van der Waals surface area contributed by atoms with E-state index in [2.05, 4.69) is 19.9 Å². The van der Waals surface area contributed by atoms with Crippen LogP contribution in [0, 0.1) is 41.4 Å². The van der Waals surface area contributed by atoms with Crippen LogP contribution >= 0.6 is 0 Å². The second-order valence-electron chi connectivity index (χ2n) is 21.9. The molecule has 0 radical (unpaired) electrons. The molecular formula is C59H101N3O14. The molecule has 0 saturated heterocycles. The number of aliphatic hydroxyl groups is 2. The van der Waals surface area contributed by atoms with E-state index in [1.807, 2.05) is 53.7 Å². The molecule has 0 aromatic heterocycles. The highest BCUT2D eigenvalue weighted by atomic mass is 16.6. The average Bonchev–Trinajstić information content (AvgIpc) is 3.37. The Morgan fingerprint density at radius 3 is 2.12 bits per heavy atom. The molecule has 76 heavy (non-hydrogen) atoms. The van der Waals surface area contributed by atoms with E-state index in [1.54, 1.807) is 96.7 Å². The van der Waals surface area contributed by atoms with Gasteiger partial charge in [-0.3, -0.25) is 29.0 Å². The van der Waals surface area contributed by atoms with Crippen molar-refractivity contribution < 1.29 is 67.3 Å². The molecule has 0 fully saturated rings. The van der Waals surface area contributed by atoms with Crippen molar-refractivity contribution in [2.45, 2.75) is 182 Å². The predicted molar refractivity (Wildman–Crippen MR) is 297 cm³/mol. The Labute approximate surface area is 457 Å². The third-order valence-corrected chi connectivity index (χ3v) is 15.2. The van der Waals surface area contributed by atoms with Gasteiger partial charge in [0.2, 0.25) is 6.41 Å². The quantitative estimate of drug-likeness (QED) is 0.0435. The molecule has 0 saturated carbocycles. The number of carbonyl (C=O) groups excluding carboxylic acids is 5. The van der Waals surface area contributed by atoms with Gasteiger partial charge in [-0.05, 0) is 110 Å². The van der Waals surface area contributed by atoms with Crippen molar-refractivity contribution in [2.75, 3.05) is 63.2 Å². The van der Waals surface area contributed by atoms with Crippen LogP contribution in [0.2, 0.25) is 0 Å². The van der Waals surface area contributed by atoms with Gasteiger partial charge < -0.3 is 48.3 Å². The highest BCUT2D eigenvalue weighted by Crippen LogP contribution is 2.32. The van der Waals surface area contributed by atoms with Crippen molar-refractivity contribution in [3.05, 3.63) is 60.4 Å². The minimum Gasteiger partial charge on any atom is -0.462 e. The Kier molecular flexibility index (Phi) is 33.8. The number of hydrogen-bond acceptors (Lipinski definition) is 16. The first-order valence-corrected chi connectivity index (χ1v) is 27.3. The highest BCUT2D eigenvalue weighted by Gasteiger charge is 2.38. The molecule has 1 heterocycles. The number of aliphatic hydroxyl groups excluding tert-OH is 2. The Morgan fingerprint density at radius 2 is 1.54 bits per heavy atom. The van der Waals surface area contributed by atoms with E-state index in [9.17, 15) is 34.2 Å². The van der Waals surface area contributed by atoms with Crippen LogP contribution in [0.15, 0.2) is 60.4 Å². The lowest BCUT2D eigenvalue weighted by Gasteiger charge is -2.35. The number of nitrogens with zero attached hydrogens (tertiary/aromatic N) is 3. The first-order chi connectivity index (χ1) is 35.7. The zero-order valence-corrected chi connectivity index (χ0v) is 49.6. The molecule has 17 heteroatoms. The minimum atomic E-state index is -0.966. The Balaban J connectivity index is 3.64. The summed E-state index contributed by atoms with van der Waals surface area (Å²) in [5.41, 5.74) is 1.10. The van der Waals surface area contributed by atoms with E-state index in [-0.39, 0.29) is 55.3 Å². The summed E-state index contributed by atoms with van der Waals surface area (Å²) in [7, 11) is 13.6. The van der Waals surface area contributed by atoms with Gasteiger partial charge in [-0.1, -0.05) is 91.0 Å². The lowest BCUT2D eigenvalue weighted by Crippen LogP contribution is -2.45. The van der Waals surface area contributed by atoms with Gasteiger partial charge in [0.05, 0.1) is 31.0 Å². The number of rotatable bonds is 23. The third-order valence-electron chi connectivity index (χ3n) is 15.2. The maximum Gasteiger partial charge on any atom is 0.331 e. The van der Waals surface area contributed by atoms with Gasteiger partial charge in [-0.15, -0.1) is 0 Å². The molecule has 2 N–H and O–H groups in total. The highest BCUT2D eigenvalue weighted by molar-refractivity contribution is 5.82. The molecule has 436 valence electrons. The molecule has 1 aliphatic rings. The molecule has 0 unspecified atom stereocenters. The summed E-state index contributed by atoms with van der Waals surface area (Å²) in [6, 6.07) is -1.20. The van der Waals surface area contributed by atoms with E-state index < -0.39 is 90.3 Å². The van der Waals surface area contributed by atoms with Crippen LogP contribution in [0.25, 0.3) is 0 Å². The standard InChI is InChI=1S/C59H101N3O14/c1-38-27-28-39(2)51(72-18)31-30-41(4)56(76-59(69)49(36-70-16)61(13)14)43(6)50(65)24-20-19-21-26-54(66)74-52(25-22-23-48(35-38)71-17)44(7)55(67)40(3)29-32-53(75-58(68)46(9)60(11)12)45(8)57(73-47(10)64)42(5)33-34-62(15)37-63/h19-23,26,28,33-34,37-38,40-46,48-53,55-57,65,67H,24-25,27,29-32,35-36H2,1-18H3/b20-19-,23-22-,26-21-,34-33+,39-28-/t38-,40+,41-,42-,43+,44-,45+,46+,48+,49+,50-,51+,52+,53-,55+,56-,57-/m1/s1. The number of methoxy groups -OCH3 is 3. The first kappa shape index (κ1) is 69.8. The maximum atomic E-state index is 13.6. The molecule has 1 aliphatic heterocycles. The van der Waals surface area contributed by atoms with Gasteiger partial charge in [0.25, 0.3) is 0 Å². The minimum absolute atomic E-state index is 0.131. The zero-order chi connectivity index (χ0) is 57.8. The van der Waals surface area contributed by atoms with Gasteiger partial charge in [0.1, 0.15) is 36.5 Å². The van der Waals surface area contributed by atoms with Crippen LogP contribution in [0.3, 0.4) is 0 Å². The van der Waals surface area contributed by atoms with Crippen LogP contribution in [0.5, 0.6) is 0 Å².